The van der Waals surface area contributed by atoms with E-state index in [4.69, 9.17) is 14.6 Å². The molecule has 1 aliphatic rings. The first-order valence-corrected chi connectivity index (χ1v) is 12.1. The van der Waals surface area contributed by atoms with Gasteiger partial charge in [0, 0.05) is 30.0 Å². The van der Waals surface area contributed by atoms with E-state index < -0.39 is 0 Å². The Hall–Kier alpha value is -3.35. The number of unbranched alkanes of at least 4 members (excludes halogenated alkanes) is 1. The van der Waals surface area contributed by atoms with Gasteiger partial charge in [-0.25, -0.2) is 5.01 Å². The second-order valence-corrected chi connectivity index (χ2v) is 8.39. The molecule has 1 heterocycles. The van der Waals surface area contributed by atoms with Crippen molar-refractivity contribution in [2.45, 2.75) is 59.4 Å². The Bertz CT molecular complexity index is 1020. The molecule has 0 fully saturated rings. The van der Waals surface area contributed by atoms with Crippen LogP contribution < -0.4 is 14.8 Å². The van der Waals surface area contributed by atoms with Gasteiger partial charge in [0.15, 0.2) is 11.5 Å². The summed E-state index contributed by atoms with van der Waals surface area (Å²) in [6, 6.07) is 13.4. The molecule has 0 aliphatic carbocycles. The lowest BCUT2D eigenvalue weighted by Crippen LogP contribution is -2.36. The van der Waals surface area contributed by atoms with Crippen molar-refractivity contribution in [2.75, 3.05) is 19.0 Å². The van der Waals surface area contributed by atoms with E-state index in [0.717, 1.165) is 41.8 Å². The van der Waals surface area contributed by atoms with Gasteiger partial charge in [-0.3, -0.25) is 9.59 Å². The van der Waals surface area contributed by atoms with E-state index in [-0.39, 0.29) is 17.7 Å². The maximum Gasteiger partial charge on any atom is 0.243 e. The Kier molecular flexibility index (Phi) is 9.08. The monoisotopic (exact) mass is 465 g/mol. The largest absolute Gasteiger partial charge is 0.493 e. The number of ether oxygens (including phenoxy) is 2. The molecule has 1 atom stereocenters. The summed E-state index contributed by atoms with van der Waals surface area (Å²) in [6.07, 6.45) is 3.62. The van der Waals surface area contributed by atoms with E-state index in [1.165, 1.54) is 0 Å². The van der Waals surface area contributed by atoms with E-state index in [2.05, 4.69) is 19.2 Å². The molecular formula is C27H35N3O4. The fourth-order valence-electron chi connectivity index (χ4n) is 3.97. The molecule has 34 heavy (non-hydrogen) atoms. The van der Waals surface area contributed by atoms with Gasteiger partial charge in [0.25, 0.3) is 0 Å². The first-order valence-electron chi connectivity index (χ1n) is 12.1. The van der Waals surface area contributed by atoms with Crippen molar-refractivity contribution < 1.29 is 19.1 Å². The summed E-state index contributed by atoms with van der Waals surface area (Å²) < 4.78 is 11.1. The number of carbonyl (C=O) groups is 2. The third-order valence-corrected chi connectivity index (χ3v) is 5.90. The number of hydrogen-bond acceptors (Lipinski definition) is 5. The molecule has 0 spiro atoms. The standard InChI is InChI=1S/C27H35N3O4/c1-5-8-9-25(31)28-22-13-10-19(11-14-22)18-30-26(32)17-20(6-2)27(29-30)21-12-15-23(33-4)24(16-21)34-7-3/h10-16,20H,5-9,17-18H2,1-4H3,(H,28,31). The number of hydrazone groups is 1. The van der Waals surface area contributed by atoms with Crippen LogP contribution in [0.25, 0.3) is 0 Å². The van der Waals surface area contributed by atoms with Gasteiger partial charge in [-0.2, -0.15) is 5.10 Å². The number of amides is 2. The van der Waals surface area contributed by atoms with Gasteiger partial charge < -0.3 is 14.8 Å². The van der Waals surface area contributed by atoms with Crippen LogP contribution in [0.4, 0.5) is 5.69 Å². The molecule has 0 bridgehead atoms. The molecule has 2 aromatic carbocycles. The second-order valence-electron chi connectivity index (χ2n) is 8.39. The summed E-state index contributed by atoms with van der Waals surface area (Å²) in [7, 11) is 1.62. The highest BCUT2D eigenvalue weighted by Crippen LogP contribution is 2.32. The molecule has 2 amide bonds. The minimum absolute atomic E-state index is 0.00564. The average Bonchev–Trinajstić information content (AvgIpc) is 2.85. The van der Waals surface area contributed by atoms with E-state index in [1.54, 1.807) is 12.1 Å². The molecule has 7 heteroatoms. The van der Waals surface area contributed by atoms with Crippen molar-refractivity contribution in [1.82, 2.24) is 5.01 Å². The molecule has 2 aromatic rings. The van der Waals surface area contributed by atoms with Crippen molar-refractivity contribution >= 4 is 23.2 Å². The van der Waals surface area contributed by atoms with E-state index >= 15 is 0 Å². The predicted octanol–water partition coefficient (Wildman–Crippen LogP) is 5.39. The van der Waals surface area contributed by atoms with Crippen molar-refractivity contribution in [3.63, 3.8) is 0 Å². The summed E-state index contributed by atoms with van der Waals surface area (Å²) >= 11 is 0. The number of rotatable bonds is 11. The highest BCUT2D eigenvalue weighted by Gasteiger charge is 2.29. The highest BCUT2D eigenvalue weighted by atomic mass is 16.5. The molecule has 7 nitrogen and oxygen atoms in total. The molecule has 1 unspecified atom stereocenters. The van der Waals surface area contributed by atoms with Crippen LogP contribution in [0.5, 0.6) is 11.5 Å². The van der Waals surface area contributed by atoms with Crippen LogP contribution in [0.1, 0.15) is 64.0 Å². The zero-order valence-corrected chi connectivity index (χ0v) is 20.6. The quantitative estimate of drug-likeness (QED) is 0.483. The number of benzene rings is 2. The first kappa shape index (κ1) is 25.3. The summed E-state index contributed by atoms with van der Waals surface area (Å²) in [6.45, 7) is 6.97. The van der Waals surface area contributed by atoms with Gasteiger partial charge in [-0.15, -0.1) is 0 Å². The number of anilines is 1. The zero-order valence-electron chi connectivity index (χ0n) is 20.6. The van der Waals surface area contributed by atoms with Crippen LogP contribution in [0.15, 0.2) is 47.6 Å². The van der Waals surface area contributed by atoms with E-state index in [9.17, 15) is 9.59 Å². The first-order chi connectivity index (χ1) is 16.5. The number of methoxy groups -OCH3 is 1. The number of carbonyl (C=O) groups excluding carboxylic acids is 2. The number of nitrogens with one attached hydrogen (secondary N) is 1. The minimum Gasteiger partial charge on any atom is -0.493 e. The normalized spacial score (nSPS) is 15.6. The molecule has 0 saturated carbocycles. The molecule has 0 saturated heterocycles. The fourth-order valence-corrected chi connectivity index (χ4v) is 3.97. The lowest BCUT2D eigenvalue weighted by molar-refractivity contribution is -0.133. The van der Waals surface area contributed by atoms with Gasteiger partial charge in [-0.1, -0.05) is 32.4 Å². The van der Waals surface area contributed by atoms with Gasteiger partial charge in [0.2, 0.25) is 11.8 Å². The van der Waals surface area contributed by atoms with Crippen LogP contribution in [-0.2, 0) is 16.1 Å². The van der Waals surface area contributed by atoms with Crippen molar-refractivity contribution in [3.05, 3.63) is 53.6 Å². The zero-order chi connectivity index (χ0) is 24.5. The third kappa shape index (κ3) is 6.37. The summed E-state index contributed by atoms with van der Waals surface area (Å²) in [5.74, 6) is 1.41. The van der Waals surface area contributed by atoms with Crippen LogP contribution >= 0.6 is 0 Å². The summed E-state index contributed by atoms with van der Waals surface area (Å²) in [5.41, 5.74) is 3.51. The molecule has 0 aromatic heterocycles. The molecule has 182 valence electrons. The summed E-state index contributed by atoms with van der Waals surface area (Å²) in [4.78, 5) is 24.8. The van der Waals surface area contributed by atoms with Gasteiger partial charge in [0.1, 0.15) is 0 Å². The molecule has 1 aliphatic heterocycles. The Morgan fingerprint density at radius 2 is 1.88 bits per heavy atom. The van der Waals surface area contributed by atoms with Crippen molar-refractivity contribution in [1.29, 1.82) is 0 Å². The van der Waals surface area contributed by atoms with Gasteiger partial charge in [0.05, 0.1) is 26.0 Å². The lowest BCUT2D eigenvalue weighted by Gasteiger charge is -2.29. The van der Waals surface area contributed by atoms with Crippen molar-refractivity contribution in [2.24, 2.45) is 11.0 Å². The SMILES string of the molecule is CCCCC(=O)Nc1ccc(CN2N=C(c3ccc(OC)c(OCC)c3)C(CC)CC2=O)cc1. The van der Waals surface area contributed by atoms with Crippen molar-refractivity contribution in [3.8, 4) is 11.5 Å². The maximum absolute atomic E-state index is 12.8. The van der Waals surface area contributed by atoms with Gasteiger partial charge in [-0.05, 0) is 55.7 Å². The Labute approximate surface area is 202 Å². The number of hydrogen-bond donors (Lipinski definition) is 1. The average molecular weight is 466 g/mol. The van der Waals surface area contributed by atoms with E-state index in [0.29, 0.717) is 37.5 Å². The molecule has 0 radical (unpaired) electrons. The van der Waals surface area contributed by atoms with Crippen LogP contribution in [0.3, 0.4) is 0 Å². The third-order valence-electron chi connectivity index (χ3n) is 5.90. The predicted molar refractivity (Wildman–Crippen MR) is 134 cm³/mol. The summed E-state index contributed by atoms with van der Waals surface area (Å²) in [5, 5.41) is 9.23. The smallest absolute Gasteiger partial charge is 0.243 e. The highest BCUT2D eigenvalue weighted by molar-refractivity contribution is 6.06. The topological polar surface area (TPSA) is 80.2 Å². The molecule has 3 rings (SSSR count). The minimum atomic E-state index is 0.00564. The lowest BCUT2D eigenvalue weighted by atomic mass is 9.89. The Morgan fingerprint density at radius 1 is 1.12 bits per heavy atom. The maximum atomic E-state index is 12.8. The Balaban J connectivity index is 1.79. The fraction of sp³-hybridized carbons (Fsp3) is 0.444. The molecule has 1 N–H and O–H groups in total. The Morgan fingerprint density at radius 3 is 2.53 bits per heavy atom. The second kappa shape index (κ2) is 12.2. The van der Waals surface area contributed by atoms with Crippen LogP contribution in [0.2, 0.25) is 0 Å². The van der Waals surface area contributed by atoms with Crippen LogP contribution in [-0.4, -0.2) is 36.3 Å². The molecular weight excluding hydrogens is 430 g/mol. The van der Waals surface area contributed by atoms with Gasteiger partial charge >= 0.3 is 0 Å². The van der Waals surface area contributed by atoms with Crippen LogP contribution in [0, 0.1) is 5.92 Å². The number of nitrogens with zero attached hydrogens (tertiary/aromatic N) is 2. The van der Waals surface area contributed by atoms with E-state index in [1.807, 2.05) is 49.4 Å².